The SMILES string of the molecule is CC(C)N(Cc1ccccc1)c1cc(Cl)cc(C(=O)NCc2ccc(C(=N)N)cc2OCC(N)=O)c1. The number of carbonyl (C=O) groups excluding carboxylic acids is 2. The highest BCUT2D eigenvalue weighted by molar-refractivity contribution is 6.31. The van der Waals surface area contributed by atoms with Crippen LogP contribution in [0.4, 0.5) is 5.69 Å². The highest BCUT2D eigenvalue weighted by Crippen LogP contribution is 2.26. The van der Waals surface area contributed by atoms with E-state index in [1.165, 1.54) is 6.07 Å². The minimum absolute atomic E-state index is 0.116. The summed E-state index contributed by atoms with van der Waals surface area (Å²) >= 11 is 6.40. The molecule has 0 aliphatic rings. The largest absolute Gasteiger partial charge is 0.483 e. The molecule has 0 aliphatic heterocycles. The van der Waals surface area contributed by atoms with Gasteiger partial charge in [0.05, 0.1) is 0 Å². The summed E-state index contributed by atoms with van der Waals surface area (Å²) in [6.45, 7) is 4.62. The third kappa shape index (κ3) is 7.23. The molecule has 0 unspecified atom stereocenters. The first-order chi connectivity index (χ1) is 17.1. The number of ether oxygens (including phenoxy) is 1. The Labute approximate surface area is 215 Å². The van der Waals surface area contributed by atoms with Crippen molar-refractivity contribution in [1.29, 1.82) is 5.41 Å². The van der Waals surface area contributed by atoms with Crippen molar-refractivity contribution in [2.45, 2.75) is 33.0 Å². The molecule has 0 spiro atoms. The summed E-state index contributed by atoms with van der Waals surface area (Å²) in [5, 5.41) is 10.9. The molecule has 3 aromatic carbocycles. The van der Waals surface area contributed by atoms with E-state index in [-0.39, 0.29) is 30.9 Å². The number of primary amides is 1. The van der Waals surface area contributed by atoms with E-state index in [1.807, 2.05) is 30.3 Å². The molecule has 36 heavy (non-hydrogen) atoms. The monoisotopic (exact) mass is 507 g/mol. The number of nitrogen functional groups attached to an aromatic ring is 1. The zero-order valence-corrected chi connectivity index (χ0v) is 21.0. The van der Waals surface area contributed by atoms with Crippen LogP contribution < -0.4 is 26.4 Å². The maximum atomic E-state index is 13.1. The molecule has 0 saturated carbocycles. The van der Waals surface area contributed by atoms with Gasteiger partial charge in [0.15, 0.2) is 6.61 Å². The van der Waals surface area contributed by atoms with Crippen LogP contribution in [0, 0.1) is 5.41 Å². The highest BCUT2D eigenvalue weighted by Gasteiger charge is 2.16. The first-order valence-corrected chi connectivity index (χ1v) is 11.8. The molecule has 188 valence electrons. The molecule has 3 rings (SSSR count). The van der Waals surface area contributed by atoms with E-state index in [9.17, 15) is 9.59 Å². The Morgan fingerprint density at radius 3 is 2.39 bits per heavy atom. The van der Waals surface area contributed by atoms with Crippen LogP contribution in [0.2, 0.25) is 5.02 Å². The Morgan fingerprint density at radius 2 is 1.75 bits per heavy atom. The van der Waals surface area contributed by atoms with Crippen LogP contribution in [0.3, 0.4) is 0 Å². The average molecular weight is 508 g/mol. The minimum Gasteiger partial charge on any atom is -0.483 e. The van der Waals surface area contributed by atoms with Gasteiger partial charge in [-0.15, -0.1) is 0 Å². The smallest absolute Gasteiger partial charge is 0.255 e. The summed E-state index contributed by atoms with van der Waals surface area (Å²) in [6, 6.07) is 20.4. The van der Waals surface area contributed by atoms with E-state index in [4.69, 9.17) is 33.2 Å². The Hall–Kier alpha value is -4.04. The summed E-state index contributed by atoms with van der Waals surface area (Å²) < 4.78 is 5.47. The van der Waals surface area contributed by atoms with Gasteiger partial charge in [-0.05, 0) is 43.7 Å². The van der Waals surface area contributed by atoms with Gasteiger partial charge < -0.3 is 26.4 Å². The second kappa shape index (κ2) is 12.1. The molecule has 3 aromatic rings. The van der Waals surface area contributed by atoms with Crippen LogP contribution in [0.15, 0.2) is 66.7 Å². The number of nitrogens with two attached hydrogens (primary N) is 2. The Kier molecular flexibility index (Phi) is 8.91. The van der Waals surface area contributed by atoms with Crippen molar-refractivity contribution in [3.05, 3.63) is 94.0 Å². The van der Waals surface area contributed by atoms with Gasteiger partial charge in [0.25, 0.3) is 11.8 Å². The zero-order valence-electron chi connectivity index (χ0n) is 20.3. The van der Waals surface area contributed by atoms with Crippen molar-refractivity contribution in [3.63, 3.8) is 0 Å². The molecule has 0 fully saturated rings. The third-order valence-electron chi connectivity index (χ3n) is 5.48. The van der Waals surface area contributed by atoms with Gasteiger partial charge in [0, 0.05) is 46.5 Å². The van der Waals surface area contributed by atoms with E-state index in [0.29, 0.717) is 34.0 Å². The fraction of sp³-hybridized carbons (Fsp3) is 0.222. The molecule has 2 amide bonds. The summed E-state index contributed by atoms with van der Waals surface area (Å²) in [5.74, 6) is -0.804. The number of amidine groups is 1. The molecular formula is C27H30ClN5O3. The van der Waals surface area contributed by atoms with Crippen LogP contribution in [0.1, 0.15) is 40.9 Å². The first-order valence-electron chi connectivity index (χ1n) is 11.4. The molecular weight excluding hydrogens is 478 g/mol. The molecule has 0 bridgehead atoms. The number of anilines is 1. The van der Waals surface area contributed by atoms with Gasteiger partial charge in [0.2, 0.25) is 0 Å². The van der Waals surface area contributed by atoms with Crippen LogP contribution in [0.5, 0.6) is 5.75 Å². The Bertz CT molecular complexity index is 1250. The summed E-state index contributed by atoms with van der Waals surface area (Å²) in [6.07, 6.45) is 0. The van der Waals surface area contributed by atoms with Gasteiger partial charge in [-0.2, -0.15) is 0 Å². The second-order valence-electron chi connectivity index (χ2n) is 8.58. The quantitative estimate of drug-likeness (QED) is 0.231. The number of nitrogens with zero attached hydrogens (tertiary/aromatic N) is 1. The van der Waals surface area contributed by atoms with Gasteiger partial charge >= 0.3 is 0 Å². The lowest BCUT2D eigenvalue weighted by Crippen LogP contribution is -2.30. The Balaban J connectivity index is 1.80. The summed E-state index contributed by atoms with van der Waals surface area (Å²) in [4.78, 5) is 26.4. The van der Waals surface area contributed by atoms with Gasteiger partial charge in [-0.3, -0.25) is 15.0 Å². The maximum absolute atomic E-state index is 13.1. The molecule has 0 aromatic heterocycles. The molecule has 8 nitrogen and oxygen atoms in total. The van der Waals surface area contributed by atoms with Crippen molar-refractivity contribution < 1.29 is 14.3 Å². The molecule has 0 aliphatic carbocycles. The van der Waals surface area contributed by atoms with E-state index in [0.717, 1.165) is 11.3 Å². The normalized spacial score (nSPS) is 10.7. The molecule has 9 heteroatoms. The zero-order chi connectivity index (χ0) is 26.2. The van der Waals surface area contributed by atoms with Gasteiger partial charge in [-0.1, -0.05) is 54.1 Å². The van der Waals surface area contributed by atoms with Crippen molar-refractivity contribution in [2.75, 3.05) is 11.5 Å². The average Bonchev–Trinajstić information content (AvgIpc) is 2.84. The highest BCUT2D eigenvalue weighted by atomic mass is 35.5. The van der Waals surface area contributed by atoms with E-state index >= 15 is 0 Å². The Morgan fingerprint density at radius 1 is 1.03 bits per heavy atom. The third-order valence-corrected chi connectivity index (χ3v) is 5.70. The number of halogens is 1. The summed E-state index contributed by atoms with van der Waals surface area (Å²) in [5.41, 5.74) is 14.2. The number of nitrogens with one attached hydrogen (secondary N) is 2. The molecule has 0 radical (unpaired) electrons. The van der Waals surface area contributed by atoms with E-state index < -0.39 is 5.91 Å². The molecule has 0 atom stereocenters. The van der Waals surface area contributed by atoms with Crippen molar-refractivity contribution >= 4 is 34.9 Å². The predicted octanol–water partition coefficient (Wildman–Crippen LogP) is 3.83. The minimum atomic E-state index is -0.644. The van der Waals surface area contributed by atoms with E-state index in [1.54, 1.807) is 18.2 Å². The first kappa shape index (κ1) is 26.6. The van der Waals surface area contributed by atoms with Crippen molar-refractivity contribution in [1.82, 2.24) is 5.32 Å². The van der Waals surface area contributed by atoms with Crippen LogP contribution in [-0.4, -0.2) is 30.3 Å². The van der Waals surface area contributed by atoms with Crippen LogP contribution in [0.25, 0.3) is 0 Å². The number of hydrogen-bond donors (Lipinski definition) is 4. The summed E-state index contributed by atoms with van der Waals surface area (Å²) in [7, 11) is 0. The standard InChI is InChI=1S/C27H30ClN5O3/c1-17(2)33(15-18-6-4-3-5-7-18)23-11-21(10-22(28)13-23)27(35)32-14-20-9-8-19(26(30)31)12-24(20)36-16-25(29)34/h3-13,17H,14-16H2,1-2H3,(H2,29,34)(H3,30,31)(H,32,35). The molecule has 6 N–H and O–H groups in total. The molecule has 0 saturated heterocycles. The molecule has 0 heterocycles. The van der Waals surface area contributed by atoms with Crippen LogP contribution >= 0.6 is 11.6 Å². The second-order valence-corrected chi connectivity index (χ2v) is 9.02. The van der Waals surface area contributed by atoms with Crippen molar-refractivity contribution in [2.24, 2.45) is 11.5 Å². The number of benzene rings is 3. The van der Waals surface area contributed by atoms with E-state index in [2.05, 4.69) is 36.2 Å². The fourth-order valence-electron chi connectivity index (χ4n) is 3.65. The lowest BCUT2D eigenvalue weighted by atomic mass is 10.1. The van der Waals surface area contributed by atoms with Crippen molar-refractivity contribution in [3.8, 4) is 5.75 Å². The number of rotatable bonds is 11. The number of amides is 2. The van der Waals surface area contributed by atoms with Gasteiger partial charge in [-0.25, -0.2) is 0 Å². The van der Waals surface area contributed by atoms with Crippen LogP contribution in [-0.2, 0) is 17.9 Å². The fourth-order valence-corrected chi connectivity index (χ4v) is 3.88. The number of hydrogen-bond acceptors (Lipinski definition) is 5. The lowest BCUT2D eigenvalue weighted by molar-refractivity contribution is -0.119. The number of carbonyl (C=O) groups is 2. The predicted molar refractivity (Wildman–Crippen MR) is 143 cm³/mol. The lowest BCUT2D eigenvalue weighted by Gasteiger charge is -2.30. The topological polar surface area (TPSA) is 135 Å². The van der Waals surface area contributed by atoms with Gasteiger partial charge in [0.1, 0.15) is 11.6 Å². The maximum Gasteiger partial charge on any atom is 0.255 e.